The van der Waals surface area contributed by atoms with Gasteiger partial charge in [-0.3, -0.25) is 23.4 Å². The second kappa shape index (κ2) is 10.2. The Kier molecular flexibility index (Phi) is 6.68. The van der Waals surface area contributed by atoms with E-state index in [1.807, 2.05) is 91.0 Å². The Morgan fingerprint density at radius 3 is 1.85 bits per heavy atom. The largest absolute Gasteiger partial charge is 0.473 e. The highest BCUT2D eigenvalue weighted by Gasteiger charge is 2.58. The minimum atomic E-state index is -4.40. The molecule has 1 aromatic heterocycles. The molecule has 0 bridgehead atoms. The monoisotopic (exact) mass is 548 g/mol. The van der Waals surface area contributed by atoms with Crippen LogP contribution in [0.25, 0.3) is 0 Å². The van der Waals surface area contributed by atoms with Gasteiger partial charge in [-0.2, -0.15) is 0 Å². The van der Waals surface area contributed by atoms with Gasteiger partial charge in [-0.25, -0.2) is 9.36 Å². The van der Waals surface area contributed by atoms with Crippen LogP contribution in [0.15, 0.2) is 113 Å². The van der Waals surface area contributed by atoms with E-state index in [1.165, 1.54) is 6.20 Å². The van der Waals surface area contributed by atoms with E-state index in [2.05, 4.69) is 4.98 Å². The molecule has 5 atom stereocenters. The molecule has 2 saturated heterocycles. The molecule has 200 valence electrons. The van der Waals surface area contributed by atoms with E-state index in [9.17, 15) is 19.0 Å². The van der Waals surface area contributed by atoms with Crippen LogP contribution in [-0.2, 0) is 28.7 Å². The lowest BCUT2D eigenvalue weighted by Crippen LogP contribution is -2.39. The van der Waals surface area contributed by atoms with Crippen molar-refractivity contribution in [2.24, 2.45) is 0 Å². The van der Waals surface area contributed by atoms with Gasteiger partial charge in [0.2, 0.25) is 0 Å². The van der Waals surface area contributed by atoms with Crippen molar-refractivity contribution in [3.63, 3.8) is 0 Å². The molecule has 2 fully saturated rings. The van der Waals surface area contributed by atoms with E-state index >= 15 is 0 Å². The van der Waals surface area contributed by atoms with Gasteiger partial charge in [0.05, 0.1) is 6.61 Å². The number of benzene rings is 3. The van der Waals surface area contributed by atoms with Crippen LogP contribution < -0.4 is 11.2 Å². The summed E-state index contributed by atoms with van der Waals surface area (Å²) in [7, 11) is -4.40. The van der Waals surface area contributed by atoms with Crippen molar-refractivity contribution < 1.29 is 28.0 Å². The first kappa shape index (κ1) is 25.6. The number of aromatic nitrogens is 2. The fraction of sp³-hybridized carbons (Fsp3) is 0.214. The Hall–Kier alpha value is -3.63. The predicted octanol–water partition coefficient (Wildman–Crippen LogP) is 3.33. The normalized spacial score (nSPS) is 26.4. The third-order valence-electron chi connectivity index (χ3n) is 6.93. The van der Waals surface area contributed by atoms with Gasteiger partial charge in [-0.05, 0) is 16.7 Å². The van der Waals surface area contributed by atoms with Crippen LogP contribution in [0.4, 0.5) is 0 Å². The molecule has 0 spiro atoms. The topological polar surface area (TPSA) is 129 Å². The van der Waals surface area contributed by atoms with Gasteiger partial charge in [0.15, 0.2) is 6.23 Å². The molecule has 1 unspecified atom stereocenters. The van der Waals surface area contributed by atoms with Crippen LogP contribution in [0.3, 0.4) is 0 Å². The van der Waals surface area contributed by atoms with Gasteiger partial charge >= 0.3 is 13.5 Å². The predicted molar refractivity (Wildman–Crippen MR) is 140 cm³/mol. The van der Waals surface area contributed by atoms with Crippen molar-refractivity contribution in [1.29, 1.82) is 0 Å². The van der Waals surface area contributed by atoms with Gasteiger partial charge in [0.1, 0.15) is 23.9 Å². The number of aromatic amines is 1. The fourth-order valence-electron chi connectivity index (χ4n) is 5.24. The number of H-pyrrole nitrogens is 1. The number of hydrogen-bond acceptors (Lipinski definition) is 7. The average molecular weight is 548 g/mol. The molecule has 10 nitrogen and oxygen atoms in total. The molecule has 6 rings (SSSR count). The Morgan fingerprint density at radius 2 is 1.33 bits per heavy atom. The van der Waals surface area contributed by atoms with Crippen LogP contribution >= 0.6 is 7.82 Å². The van der Waals surface area contributed by atoms with Crippen LogP contribution in [0.5, 0.6) is 0 Å². The van der Waals surface area contributed by atoms with Crippen molar-refractivity contribution in [3.8, 4) is 0 Å². The number of hydrogen-bond donors (Lipinski definition) is 2. The molecule has 0 saturated carbocycles. The molecule has 3 aromatic carbocycles. The van der Waals surface area contributed by atoms with E-state index in [0.717, 1.165) is 27.3 Å². The molecule has 3 heterocycles. The van der Waals surface area contributed by atoms with E-state index in [0.29, 0.717) is 0 Å². The highest BCUT2D eigenvalue weighted by Crippen LogP contribution is 2.58. The molecule has 39 heavy (non-hydrogen) atoms. The Morgan fingerprint density at radius 1 is 0.821 bits per heavy atom. The second-order valence-corrected chi connectivity index (χ2v) is 10.6. The van der Waals surface area contributed by atoms with E-state index < -0.39 is 49.2 Å². The van der Waals surface area contributed by atoms with E-state index in [1.54, 1.807) is 0 Å². The molecular formula is C28H25N2O8P. The molecule has 0 aliphatic carbocycles. The summed E-state index contributed by atoms with van der Waals surface area (Å²) in [5.41, 5.74) is 0.187. The van der Waals surface area contributed by atoms with Crippen molar-refractivity contribution in [3.05, 3.63) is 141 Å². The maximum Gasteiger partial charge on any atom is 0.473 e. The van der Waals surface area contributed by atoms with Crippen molar-refractivity contribution >= 4 is 7.82 Å². The number of nitrogens with zero attached hydrogens (tertiary/aromatic N) is 1. The Balaban J connectivity index is 1.41. The third-order valence-corrected chi connectivity index (χ3v) is 7.95. The van der Waals surface area contributed by atoms with E-state index in [-0.39, 0.29) is 6.61 Å². The number of rotatable bonds is 7. The van der Waals surface area contributed by atoms with Gasteiger partial charge < -0.3 is 14.4 Å². The van der Waals surface area contributed by atoms with E-state index in [4.69, 9.17) is 18.5 Å². The minimum absolute atomic E-state index is 0.0855. The maximum absolute atomic E-state index is 12.5. The summed E-state index contributed by atoms with van der Waals surface area (Å²) in [6, 6.07) is 30.3. The van der Waals surface area contributed by atoms with Crippen molar-refractivity contribution in [2.75, 3.05) is 6.61 Å². The lowest BCUT2D eigenvalue weighted by atomic mass is 9.80. The molecular weight excluding hydrogens is 523 g/mol. The quantitative estimate of drug-likeness (QED) is 0.266. The first-order valence-corrected chi connectivity index (χ1v) is 13.8. The number of phosphoric ester groups is 1. The van der Waals surface area contributed by atoms with Gasteiger partial charge in [0, 0.05) is 12.3 Å². The van der Waals surface area contributed by atoms with Gasteiger partial charge in [0.25, 0.3) is 5.56 Å². The van der Waals surface area contributed by atoms with Gasteiger partial charge in [-0.1, -0.05) is 91.0 Å². The number of fused-ring (bicyclic) bond motifs is 1. The van der Waals surface area contributed by atoms with Crippen molar-refractivity contribution in [1.82, 2.24) is 9.55 Å². The van der Waals surface area contributed by atoms with Crippen LogP contribution in [-0.4, -0.2) is 39.4 Å². The van der Waals surface area contributed by atoms with Crippen LogP contribution in [0.2, 0.25) is 0 Å². The zero-order chi connectivity index (χ0) is 27.0. The summed E-state index contributed by atoms with van der Waals surface area (Å²) < 4.78 is 37.2. The van der Waals surface area contributed by atoms with Gasteiger partial charge in [-0.15, -0.1) is 0 Å². The molecule has 2 aliphatic heterocycles. The summed E-state index contributed by atoms with van der Waals surface area (Å²) in [5.74, 6) is 0. The SMILES string of the molecule is O=c1ccn([C@@H]2O[C@H](COC(c3ccccc3)(c3ccccc3)c3ccccc3)[C@H]3OP(=O)(O)O[C@H]32)c(=O)[nH]1. The summed E-state index contributed by atoms with van der Waals surface area (Å²) in [6.07, 6.45) is -2.87. The highest BCUT2D eigenvalue weighted by atomic mass is 31.2. The standard InChI is InChI=1S/C28H25N2O8P/c31-23-16-17-30(27(32)29-23)26-25-24(37-39(33,34)38-25)22(36-26)18-35-28(19-10-4-1-5-11-19,20-12-6-2-7-13-20)21-14-8-3-9-15-21/h1-17,22,24-26H,18H2,(H,33,34)(H,29,31,32)/t22-,24-,25-,26-/m1/s1. The molecule has 4 aromatic rings. The summed E-state index contributed by atoms with van der Waals surface area (Å²) in [6.45, 7) is -0.0855. The molecule has 0 radical (unpaired) electrons. The first-order valence-electron chi connectivity index (χ1n) is 12.3. The van der Waals surface area contributed by atoms with Crippen LogP contribution in [0.1, 0.15) is 22.9 Å². The molecule has 0 amide bonds. The Labute approximate surface area is 223 Å². The zero-order valence-corrected chi connectivity index (χ0v) is 21.4. The first-order chi connectivity index (χ1) is 18.9. The number of ether oxygens (including phenoxy) is 2. The zero-order valence-electron chi connectivity index (χ0n) is 20.5. The second-order valence-electron chi connectivity index (χ2n) is 9.28. The third kappa shape index (κ3) is 4.72. The van der Waals surface area contributed by atoms with Crippen molar-refractivity contribution in [2.45, 2.75) is 30.1 Å². The number of phosphoric acid groups is 1. The average Bonchev–Trinajstić information content (AvgIpc) is 3.44. The fourth-order valence-corrected chi connectivity index (χ4v) is 6.39. The summed E-state index contributed by atoms with van der Waals surface area (Å²) in [5, 5.41) is 0. The molecule has 2 N–H and O–H groups in total. The maximum atomic E-state index is 12.5. The molecule has 2 aliphatic rings. The summed E-state index contributed by atoms with van der Waals surface area (Å²) >= 11 is 0. The summed E-state index contributed by atoms with van der Waals surface area (Å²) in [4.78, 5) is 36.4. The number of nitrogens with one attached hydrogen (secondary N) is 1. The molecule has 11 heteroatoms. The minimum Gasteiger partial charge on any atom is -0.358 e. The van der Waals surface area contributed by atoms with Crippen LogP contribution in [0, 0.1) is 0 Å². The smallest absolute Gasteiger partial charge is 0.358 e. The highest BCUT2D eigenvalue weighted by molar-refractivity contribution is 7.47. The Bertz CT molecular complexity index is 1510. The lowest BCUT2D eigenvalue weighted by Gasteiger charge is -2.37. The lowest BCUT2D eigenvalue weighted by molar-refractivity contribution is -0.0998.